The summed E-state index contributed by atoms with van der Waals surface area (Å²) < 4.78 is 12.3. The molecule has 0 aliphatic heterocycles. The van der Waals surface area contributed by atoms with Gasteiger partial charge >= 0.3 is 11.9 Å². The van der Waals surface area contributed by atoms with Gasteiger partial charge in [-0.05, 0) is 66.5 Å². The van der Waals surface area contributed by atoms with Gasteiger partial charge in [0.1, 0.15) is 12.2 Å². The first-order valence-electron chi connectivity index (χ1n) is 11.8. The quantitative estimate of drug-likeness (QED) is 0.510. The molecule has 6 atom stereocenters. The van der Waals surface area contributed by atoms with Crippen LogP contribution in [0, 0.1) is 17.8 Å². The lowest BCUT2D eigenvalue weighted by molar-refractivity contribution is -0.147. The molecule has 7 rings (SSSR count). The van der Waals surface area contributed by atoms with E-state index >= 15 is 0 Å². The molecule has 2 bridgehead atoms. The second-order valence-electron chi connectivity index (χ2n) is 9.47. The van der Waals surface area contributed by atoms with Gasteiger partial charge in [-0.3, -0.25) is 0 Å². The predicted octanol–water partition coefficient (Wildman–Crippen LogP) is 5.43. The van der Waals surface area contributed by atoms with Gasteiger partial charge in [0.2, 0.25) is 0 Å². The van der Waals surface area contributed by atoms with Crippen molar-refractivity contribution in [1.82, 2.24) is 0 Å². The Bertz CT molecular complexity index is 1170. The average molecular weight is 439 g/mol. The van der Waals surface area contributed by atoms with Gasteiger partial charge in [0.25, 0.3) is 0 Å². The van der Waals surface area contributed by atoms with Gasteiger partial charge < -0.3 is 9.47 Å². The van der Waals surface area contributed by atoms with Crippen LogP contribution < -0.4 is 0 Å². The van der Waals surface area contributed by atoms with Crippen LogP contribution in [0.15, 0.2) is 84.9 Å². The molecule has 4 nitrogen and oxygen atoms in total. The van der Waals surface area contributed by atoms with Crippen LogP contribution >= 0.6 is 0 Å². The Labute approximate surface area is 193 Å². The lowest BCUT2D eigenvalue weighted by Crippen LogP contribution is -2.57. The Kier molecular flexibility index (Phi) is 5.01. The first-order chi connectivity index (χ1) is 16.2. The van der Waals surface area contributed by atoms with E-state index in [4.69, 9.17) is 9.47 Å². The molecule has 3 aromatic rings. The molecule has 4 heteroatoms. The third-order valence-corrected chi connectivity index (χ3v) is 7.85. The number of carbonyl (C=O) groups is 2. The molecule has 0 saturated heterocycles. The van der Waals surface area contributed by atoms with E-state index in [2.05, 4.69) is 24.3 Å². The van der Waals surface area contributed by atoms with E-state index in [1.54, 1.807) is 24.3 Å². The molecule has 0 N–H and O–H groups in total. The SMILES string of the molecule is O=C(OC1C2CCC(C1OC(=O)c1ccccc1)C1c3ccccc3CC21)c1ccccc1. The molecule has 6 unspecified atom stereocenters. The predicted molar refractivity (Wildman–Crippen MR) is 124 cm³/mol. The lowest BCUT2D eigenvalue weighted by atomic mass is 9.56. The van der Waals surface area contributed by atoms with Crippen LogP contribution in [0.2, 0.25) is 0 Å². The molecule has 3 fully saturated rings. The zero-order chi connectivity index (χ0) is 22.4. The van der Waals surface area contributed by atoms with Crippen LogP contribution in [0.1, 0.15) is 50.6 Å². The Hall–Kier alpha value is -3.40. The third kappa shape index (κ3) is 3.45. The van der Waals surface area contributed by atoms with Gasteiger partial charge in [-0.15, -0.1) is 0 Å². The lowest BCUT2D eigenvalue weighted by Gasteiger charge is -2.53. The molecule has 3 aromatic carbocycles. The maximum Gasteiger partial charge on any atom is 0.338 e. The average Bonchev–Trinajstić information content (AvgIpc) is 3.27. The molecule has 166 valence electrons. The number of ether oxygens (including phenoxy) is 2. The van der Waals surface area contributed by atoms with Crippen molar-refractivity contribution >= 4 is 11.9 Å². The van der Waals surface area contributed by atoms with Crippen LogP contribution in [0.5, 0.6) is 0 Å². The highest BCUT2D eigenvalue weighted by Crippen LogP contribution is 2.59. The summed E-state index contributed by atoms with van der Waals surface area (Å²) in [6.45, 7) is 0. The number of hydrogen-bond acceptors (Lipinski definition) is 4. The largest absolute Gasteiger partial charge is 0.455 e. The molecule has 0 spiro atoms. The summed E-state index contributed by atoms with van der Waals surface area (Å²) >= 11 is 0. The second-order valence-corrected chi connectivity index (χ2v) is 9.47. The van der Waals surface area contributed by atoms with Crippen LogP contribution in [-0.2, 0) is 15.9 Å². The molecule has 0 aromatic heterocycles. The monoisotopic (exact) mass is 438 g/mol. The highest BCUT2D eigenvalue weighted by Gasteiger charge is 2.59. The fourth-order valence-corrected chi connectivity index (χ4v) is 6.51. The van der Waals surface area contributed by atoms with E-state index in [1.807, 2.05) is 36.4 Å². The Morgan fingerprint density at radius 2 is 1.12 bits per heavy atom. The number of benzene rings is 3. The fourth-order valence-electron chi connectivity index (χ4n) is 6.51. The summed E-state index contributed by atoms with van der Waals surface area (Å²) in [5, 5.41) is 0. The first-order valence-corrected chi connectivity index (χ1v) is 11.8. The van der Waals surface area contributed by atoms with Crippen LogP contribution in [0.25, 0.3) is 0 Å². The number of rotatable bonds is 4. The summed E-state index contributed by atoms with van der Waals surface area (Å²) in [4.78, 5) is 26.1. The van der Waals surface area contributed by atoms with Crippen molar-refractivity contribution in [2.45, 2.75) is 37.4 Å². The van der Waals surface area contributed by atoms with Crippen molar-refractivity contribution < 1.29 is 19.1 Å². The zero-order valence-corrected chi connectivity index (χ0v) is 18.3. The number of hydrogen-bond donors (Lipinski definition) is 0. The van der Waals surface area contributed by atoms with Crippen LogP contribution in [0.3, 0.4) is 0 Å². The maximum atomic E-state index is 13.1. The van der Waals surface area contributed by atoms with Crippen molar-refractivity contribution in [3.05, 3.63) is 107 Å². The minimum atomic E-state index is -0.448. The minimum absolute atomic E-state index is 0.143. The van der Waals surface area contributed by atoms with Gasteiger partial charge in [0, 0.05) is 11.8 Å². The number of fused-ring (bicyclic) bond motifs is 3. The summed E-state index contributed by atoms with van der Waals surface area (Å²) in [6, 6.07) is 26.8. The van der Waals surface area contributed by atoms with Crippen LogP contribution in [-0.4, -0.2) is 24.1 Å². The van der Waals surface area contributed by atoms with E-state index in [1.165, 1.54) is 11.1 Å². The molecule has 0 amide bonds. The normalized spacial score (nSPS) is 29.1. The van der Waals surface area contributed by atoms with Crippen molar-refractivity contribution in [2.75, 3.05) is 0 Å². The van der Waals surface area contributed by atoms with Gasteiger partial charge in [0.15, 0.2) is 0 Å². The number of esters is 2. The highest BCUT2D eigenvalue weighted by molar-refractivity contribution is 5.90. The molecule has 4 aliphatic rings. The Morgan fingerprint density at radius 3 is 1.76 bits per heavy atom. The van der Waals surface area contributed by atoms with E-state index < -0.39 is 12.2 Å². The van der Waals surface area contributed by atoms with Crippen molar-refractivity contribution in [1.29, 1.82) is 0 Å². The molecule has 4 aliphatic carbocycles. The van der Waals surface area contributed by atoms with E-state index in [-0.39, 0.29) is 23.8 Å². The topological polar surface area (TPSA) is 52.6 Å². The van der Waals surface area contributed by atoms with E-state index in [0.29, 0.717) is 23.0 Å². The molecular formula is C29H26O4. The van der Waals surface area contributed by atoms with Crippen molar-refractivity contribution in [2.24, 2.45) is 17.8 Å². The third-order valence-electron chi connectivity index (χ3n) is 7.85. The first kappa shape index (κ1) is 20.2. The van der Waals surface area contributed by atoms with Crippen molar-refractivity contribution in [3.63, 3.8) is 0 Å². The Balaban J connectivity index is 1.34. The van der Waals surface area contributed by atoms with Gasteiger partial charge in [-0.25, -0.2) is 9.59 Å². The van der Waals surface area contributed by atoms with Gasteiger partial charge in [-0.2, -0.15) is 0 Å². The molecule has 0 radical (unpaired) electrons. The molecule has 0 heterocycles. The standard InChI is InChI=1S/C29H26O4/c30-28(18-9-3-1-4-10-18)32-26-22-15-16-23(25-21-14-8-7-13-20(21)17-24(22)25)27(26)33-29(31)19-11-5-2-6-12-19/h1-14,22-27H,15-17H2. The summed E-state index contributed by atoms with van der Waals surface area (Å²) in [7, 11) is 0. The van der Waals surface area contributed by atoms with Crippen LogP contribution in [0.4, 0.5) is 0 Å². The molecular weight excluding hydrogens is 412 g/mol. The van der Waals surface area contributed by atoms with Gasteiger partial charge in [0.05, 0.1) is 11.1 Å². The maximum absolute atomic E-state index is 13.1. The molecule has 33 heavy (non-hydrogen) atoms. The summed E-state index contributed by atoms with van der Waals surface area (Å²) in [6.07, 6.45) is 2.09. The minimum Gasteiger partial charge on any atom is -0.455 e. The zero-order valence-electron chi connectivity index (χ0n) is 18.3. The summed E-state index contributed by atoms with van der Waals surface area (Å²) in [5.41, 5.74) is 3.81. The molecule has 3 saturated carbocycles. The fraction of sp³-hybridized carbons (Fsp3) is 0.310. The van der Waals surface area contributed by atoms with E-state index in [9.17, 15) is 9.59 Å². The second kappa shape index (κ2) is 8.18. The highest BCUT2D eigenvalue weighted by atomic mass is 16.6. The van der Waals surface area contributed by atoms with E-state index in [0.717, 1.165) is 19.3 Å². The Morgan fingerprint density at radius 1 is 0.606 bits per heavy atom. The van der Waals surface area contributed by atoms with Crippen molar-refractivity contribution in [3.8, 4) is 0 Å². The smallest absolute Gasteiger partial charge is 0.338 e. The number of carbonyl (C=O) groups excluding carboxylic acids is 2. The summed E-state index contributed by atoms with van der Waals surface area (Å²) in [5.74, 6) is 0.387. The van der Waals surface area contributed by atoms with Gasteiger partial charge in [-0.1, -0.05) is 60.7 Å².